The highest BCUT2D eigenvalue weighted by Crippen LogP contribution is 2.52. The van der Waals surface area contributed by atoms with Crippen molar-refractivity contribution in [3.8, 4) is 0 Å². The van der Waals surface area contributed by atoms with Crippen molar-refractivity contribution in [2.45, 2.75) is 98.8 Å². The molecule has 0 amide bonds. The maximum Gasteiger partial charge on any atom is 0.212 e. The van der Waals surface area contributed by atoms with E-state index in [4.69, 9.17) is 4.65 Å². The highest BCUT2D eigenvalue weighted by molar-refractivity contribution is 14.3. The highest BCUT2D eigenvalue weighted by Gasteiger charge is 2.57. The monoisotopic (exact) mass is 654 g/mol. The Kier molecular flexibility index (Phi) is 7.70. The molecule has 0 aliphatic carbocycles. The molecule has 0 N–H and O–H groups in total. The summed E-state index contributed by atoms with van der Waals surface area (Å²) >= 11 is 5.52. The van der Waals surface area contributed by atoms with Crippen LogP contribution in [0.2, 0.25) is 19.6 Å². The van der Waals surface area contributed by atoms with Crippen LogP contribution < -0.4 is 0 Å². The van der Waals surface area contributed by atoms with E-state index in [0.717, 1.165) is 0 Å². The van der Waals surface area contributed by atoms with Gasteiger partial charge in [0.25, 0.3) is 0 Å². The van der Waals surface area contributed by atoms with Crippen LogP contribution in [0.1, 0.15) is 84.8 Å². The average molecular weight is 655 g/mol. The van der Waals surface area contributed by atoms with E-state index in [1.165, 1.54) is 23.2 Å². The highest BCUT2D eigenvalue weighted by atomic mass is 127. The van der Waals surface area contributed by atoms with Crippen LogP contribution in [0.4, 0.5) is 5.69 Å². The van der Waals surface area contributed by atoms with Gasteiger partial charge in [-0.3, -0.25) is 0 Å². The minimum absolute atomic E-state index is 0.0804. The smallest absolute Gasteiger partial charge is 0.212 e. The van der Waals surface area contributed by atoms with Gasteiger partial charge in [0.1, 0.15) is 5.33 Å². The van der Waals surface area contributed by atoms with Gasteiger partial charge in [0.15, 0.2) is 8.77 Å². The van der Waals surface area contributed by atoms with Gasteiger partial charge in [-0.15, -0.1) is 43.6 Å². The molecule has 1 aliphatic heterocycles. The number of rotatable bonds is 6. The van der Waals surface area contributed by atoms with E-state index in [1.54, 1.807) is 5.33 Å². The first-order valence-electron chi connectivity index (χ1n) is 10.8. The first-order chi connectivity index (χ1) is 12.9. The van der Waals surface area contributed by atoms with E-state index in [2.05, 4.69) is 141 Å². The van der Waals surface area contributed by atoms with Gasteiger partial charge in [0.2, 0.25) is 5.69 Å². The molecule has 0 spiro atoms. The molecule has 1 heterocycles. The molecular formula is C23H40I2N2Si2. The lowest BCUT2D eigenvalue weighted by atomic mass is 9.84. The van der Waals surface area contributed by atoms with Crippen LogP contribution in [0.25, 0.3) is 4.65 Å². The molecule has 1 aromatic rings. The molecule has 0 saturated carbocycles. The van der Waals surface area contributed by atoms with Crippen LogP contribution >= 0.6 is 43.6 Å². The molecule has 1 aromatic carbocycles. The number of hydrogen-bond donors (Lipinski definition) is 0. The zero-order chi connectivity index (χ0) is 22.6. The second kappa shape index (κ2) is 8.59. The van der Waals surface area contributed by atoms with Gasteiger partial charge in [-0.25, -0.2) is 0 Å². The first-order valence-corrected chi connectivity index (χ1v) is 22.5. The third-order valence-corrected chi connectivity index (χ3v) is 18.4. The van der Waals surface area contributed by atoms with E-state index in [-0.39, 0.29) is 11.0 Å². The summed E-state index contributed by atoms with van der Waals surface area (Å²) in [5.74, 6) is 0.996. The Bertz CT molecular complexity index is 777. The predicted octanol–water partition coefficient (Wildman–Crippen LogP) is 8.78. The summed E-state index contributed by atoms with van der Waals surface area (Å²) in [6.45, 7) is 26.3. The molecule has 0 atom stereocenters. The van der Waals surface area contributed by atoms with Crippen molar-refractivity contribution < 1.29 is 4.58 Å². The number of para-hydroxylation sites is 1. The Morgan fingerprint density at radius 3 is 1.76 bits per heavy atom. The predicted molar refractivity (Wildman–Crippen MR) is 153 cm³/mol. The van der Waals surface area contributed by atoms with Gasteiger partial charge in [0, 0.05) is 36.8 Å². The molecule has 29 heavy (non-hydrogen) atoms. The quantitative estimate of drug-likeness (QED) is 0.126. The van der Waals surface area contributed by atoms with E-state index in [1.807, 2.05) is 0 Å². The molecule has 0 bridgehead atoms. The van der Waals surface area contributed by atoms with Crippen LogP contribution in [0, 0.1) is 5.41 Å². The van der Waals surface area contributed by atoms with Gasteiger partial charge < -0.3 is 4.65 Å². The SMILES string of the molecule is CC(C)c1cccc(C(C)C)c1[N+]1=C([Si](I)(I)[N-][Si](C)(C)C)C(C)(C)CC1(C)C. The molecule has 1 aliphatic rings. The Morgan fingerprint density at radius 2 is 1.38 bits per heavy atom. The van der Waals surface area contributed by atoms with Gasteiger partial charge in [-0.1, -0.05) is 87.6 Å². The maximum absolute atomic E-state index is 5.58. The normalized spacial score (nSPS) is 19.6. The lowest BCUT2D eigenvalue weighted by Gasteiger charge is -2.45. The van der Waals surface area contributed by atoms with Gasteiger partial charge in [-0.2, -0.15) is 4.58 Å². The van der Waals surface area contributed by atoms with Crippen LogP contribution in [0.5, 0.6) is 0 Å². The lowest BCUT2D eigenvalue weighted by molar-refractivity contribution is -0.515. The van der Waals surface area contributed by atoms with E-state index >= 15 is 0 Å². The summed E-state index contributed by atoms with van der Waals surface area (Å²) in [4.78, 5) is 0. The van der Waals surface area contributed by atoms with Crippen LogP contribution in [-0.4, -0.2) is 26.9 Å². The second-order valence-corrected chi connectivity index (χ2v) is 33.8. The van der Waals surface area contributed by atoms with Gasteiger partial charge in [-0.05, 0) is 11.8 Å². The molecule has 0 radical (unpaired) electrons. The molecule has 6 heteroatoms. The molecular weight excluding hydrogens is 614 g/mol. The fraction of sp³-hybridized carbons (Fsp3) is 0.696. The van der Waals surface area contributed by atoms with E-state index in [9.17, 15) is 0 Å². The van der Waals surface area contributed by atoms with E-state index in [0.29, 0.717) is 11.8 Å². The summed E-state index contributed by atoms with van der Waals surface area (Å²) in [6, 6.07) is 6.96. The van der Waals surface area contributed by atoms with Gasteiger partial charge >= 0.3 is 0 Å². The van der Waals surface area contributed by atoms with Crippen molar-refractivity contribution in [3.63, 3.8) is 0 Å². The summed E-state index contributed by atoms with van der Waals surface area (Å²) in [6.07, 6.45) is 1.17. The van der Waals surface area contributed by atoms with Crippen molar-refractivity contribution >= 4 is 66.1 Å². The Labute approximate surface area is 207 Å². The molecule has 0 unspecified atom stereocenters. The number of hydrogen-bond acceptors (Lipinski definition) is 0. The van der Waals surface area contributed by atoms with Gasteiger partial charge in [0.05, 0.1) is 0 Å². The Hall–Kier alpha value is 0.744. The molecule has 0 fully saturated rings. The van der Waals surface area contributed by atoms with Crippen molar-refractivity contribution in [2.24, 2.45) is 5.41 Å². The van der Waals surface area contributed by atoms with Crippen LogP contribution in [-0.2, 0) is 0 Å². The lowest BCUT2D eigenvalue weighted by Crippen LogP contribution is -2.47. The number of benzene rings is 1. The topological polar surface area (TPSA) is 17.1 Å². The van der Waals surface area contributed by atoms with Crippen molar-refractivity contribution in [1.29, 1.82) is 0 Å². The zero-order valence-corrected chi connectivity index (χ0v) is 26.6. The number of halogens is 2. The largest absolute Gasteiger partial charge is 0.642 e. The van der Waals surface area contributed by atoms with Crippen molar-refractivity contribution in [1.82, 2.24) is 0 Å². The summed E-state index contributed by atoms with van der Waals surface area (Å²) < 4.78 is 6.33. The third-order valence-electron chi connectivity index (χ3n) is 5.67. The van der Waals surface area contributed by atoms with Crippen LogP contribution in [0.3, 0.4) is 0 Å². The molecule has 2 nitrogen and oxygen atoms in total. The standard InChI is InChI=1S/C23H40I2N2Si2/c1-16(2)18-13-12-14-19(17(3)4)20(18)27-21(22(5,6)15-23(27,7)8)29(24,25)26-28(9,10)11/h12-14,16-17H,15H2,1-11H3. The number of nitrogens with zero attached hydrogens (tertiary/aromatic N) is 2. The molecule has 0 aromatic heterocycles. The Morgan fingerprint density at radius 1 is 0.931 bits per heavy atom. The van der Waals surface area contributed by atoms with Crippen LogP contribution in [0.15, 0.2) is 18.2 Å². The minimum Gasteiger partial charge on any atom is -0.642 e. The Balaban J connectivity index is 2.98. The fourth-order valence-corrected chi connectivity index (χ4v) is 29.3. The molecule has 0 saturated heterocycles. The average Bonchev–Trinajstić information content (AvgIpc) is 2.67. The molecule has 2 rings (SSSR count). The summed E-state index contributed by atoms with van der Waals surface area (Å²) in [5.41, 5.74) is 4.66. The van der Waals surface area contributed by atoms with Crippen molar-refractivity contribution in [3.05, 3.63) is 34.0 Å². The summed E-state index contributed by atoms with van der Waals surface area (Å²) in [5, 5.41) is 1.61. The first kappa shape index (κ1) is 26.0. The fourth-order valence-electron chi connectivity index (χ4n) is 5.05. The van der Waals surface area contributed by atoms with Crippen molar-refractivity contribution in [2.75, 3.05) is 0 Å². The third kappa shape index (κ3) is 5.57. The summed E-state index contributed by atoms with van der Waals surface area (Å²) in [7, 11) is -1.55. The second-order valence-electron chi connectivity index (χ2n) is 11.5. The van der Waals surface area contributed by atoms with E-state index < -0.39 is 11.5 Å². The zero-order valence-electron chi connectivity index (χ0n) is 20.2. The minimum atomic E-state index is -2.02. The molecule has 164 valence electrons. The maximum atomic E-state index is 5.58.